The van der Waals surface area contributed by atoms with Gasteiger partial charge < -0.3 is 4.65 Å². The molecule has 0 amide bonds. The van der Waals surface area contributed by atoms with Crippen LogP contribution in [0.15, 0.2) is 0 Å². The largest absolute Gasteiger partial charge is 0.429 e. The van der Waals surface area contributed by atoms with E-state index in [0.29, 0.717) is 4.77 Å². The zero-order valence-corrected chi connectivity index (χ0v) is 10.6. The minimum Gasteiger partial charge on any atom is -0.429 e. The van der Waals surface area contributed by atoms with Crippen molar-refractivity contribution in [3.63, 3.8) is 0 Å². The van der Waals surface area contributed by atoms with Crippen LogP contribution in [0.25, 0.3) is 0 Å². The molecule has 0 N–H and O–H groups in total. The second kappa shape index (κ2) is 8.36. The molecule has 1 saturated carbocycles. The number of hydrogen-bond acceptors (Lipinski definition) is 1. The van der Waals surface area contributed by atoms with Crippen LogP contribution in [-0.4, -0.2) is 11.9 Å². The first kappa shape index (κ1) is 12.8. The first-order chi connectivity index (χ1) is 5.84. The first-order valence-corrected chi connectivity index (χ1v) is 6.26. The molecule has 1 aliphatic carbocycles. The fourth-order valence-electron chi connectivity index (χ4n) is 1.59. The Bertz CT molecular complexity index is 94.5. The summed E-state index contributed by atoms with van der Waals surface area (Å²) in [4.78, 5) is 0. The van der Waals surface area contributed by atoms with Gasteiger partial charge >= 0.3 is 4.77 Å². The van der Waals surface area contributed by atoms with E-state index in [1.807, 2.05) is 21.0 Å². The molecular formula is C9H20BIO. The minimum atomic E-state index is 0.456. The third kappa shape index (κ3) is 4.70. The van der Waals surface area contributed by atoms with Crippen molar-refractivity contribution < 1.29 is 4.65 Å². The van der Waals surface area contributed by atoms with Crippen molar-refractivity contribution in [1.29, 1.82) is 0 Å². The summed E-state index contributed by atoms with van der Waals surface area (Å²) < 4.78 is 5.73. The molecule has 1 nitrogen and oxygen atoms in total. The Hall–Kier alpha value is 0.755. The Labute approximate surface area is 90.6 Å². The van der Waals surface area contributed by atoms with Gasteiger partial charge in [0.05, 0.1) is 0 Å². The Kier molecular flexibility index (Phi) is 8.88. The number of rotatable bonds is 2. The monoisotopic (exact) mass is 282 g/mol. The van der Waals surface area contributed by atoms with Crippen LogP contribution in [0.4, 0.5) is 0 Å². The maximum Gasteiger partial charge on any atom is 0.368 e. The second-order valence-electron chi connectivity index (χ2n) is 2.98. The van der Waals surface area contributed by atoms with Gasteiger partial charge in [0.15, 0.2) is 0 Å². The minimum absolute atomic E-state index is 0.456. The summed E-state index contributed by atoms with van der Waals surface area (Å²) in [6.45, 7) is 4.00. The molecular weight excluding hydrogens is 262 g/mol. The first-order valence-electron chi connectivity index (χ1n) is 5.01. The van der Waals surface area contributed by atoms with E-state index in [0.717, 1.165) is 5.82 Å². The average Bonchev–Trinajstić information content (AvgIpc) is 2.21. The van der Waals surface area contributed by atoms with Gasteiger partial charge in [0.25, 0.3) is 0 Å². The van der Waals surface area contributed by atoms with Crippen LogP contribution in [0.2, 0.25) is 5.82 Å². The van der Waals surface area contributed by atoms with Gasteiger partial charge in [-0.15, -0.1) is 22.4 Å². The molecule has 0 spiro atoms. The molecule has 0 radical (unpaired) electrons. The fraction of sp³-hybridized carbons (Fsp3) is 1.00. The Morgan fingerprint density at radius 2 is 1.67 bits per heavy atom. The molecule has 0 aromatic heterocycles. The van der Waals surface area contributed by atoms with Gasteiger partial charge in [0, 0.05) is 7.11 Å². The van der Waals surface area contributed by atoms with Gasteiger partial charge in [-0.3, -0.25) is 0 Å². The highest BCUT2D eigenvalue weighted by molar-refractivity contribution is 14.1. The summed E-state index contributed by atoms with van der Waals surface area (Å²) >= 11 is 2.40. The summed E-state index contributed by atoms with van der Waals surface area (Å²) in [6.07, 6.45) is 7.01. The van der Waals surface area contributed by atoms with Crippen molar-refractivity contribution in [3.8, 4) is 0 Å². The molecule has 0 aromatic rings. The van der Waals surface area contributed by atoms with Crippen molar-refractivity contribution in [1.82, 2.24) is 0 Å². The molecule has 1 rings (SSSR count). The number of halogens is 1. The normalized spacial score (nSPS) is 18.0. The van der Waals surface area contributed by atoms with Crippen LogP contribution in [0, 0.1) is 0 Å². The lowest BCUT2D eigenvalue weighted by Crippen LogP contribution is -2.18. The molecule has 0 aliphatic heterocycles. The molecule has 72 valence electrons. The van der Waals surface area contributed by atoms with E-state index in [9.17, 15) is 0 Å². The Morgan fingerprint density at radius 1 is 1.17 bits per heavy atom. The van der Waals surface area contributed by atoms with E-state index < -0.39 is 0 Å². The molecule has 0 atom stereocenters. The quantitative estimate of drug-likeness (QED) is 0.551. The maximum atomic E-state index is 5.28. The average molecular weight is 282 g/mol. The lowest BCUT2D eigenvalue weighted by Gasteiger charge is -2.22. The highest BCUT2D eigenvalue weighted by Crippen LogP contribution is 2.33. The van der Waals surface area contributed by atoms with E-state index in [1.165, 1.54) is 32.1 Å². The standard InChI is InChI=1S/C7H14BIO.C2H6/c1-10-8(9)7-5-3-2-4-6-7;1-2/h7H,2-6H2,1H3;1-2H3. The Morgan fingerprint density at radius 3 is 2.08 bits per heavy atom. The van der Waals surface area contributed by atoms with Crippen LogP contribution >= 0.6 is 22.4 Å². The molecule has 0 aromatic carbocycles. The Balaban J connectivity index is 0.000000561. The van der Waals surface area contributed by atoms with Crippen molar-refractivity contribution in [2.24, 2.45) is 0 Å². The summed E-state index contributed by atoms with van der Waals surface area (Å²) in [5.74, 6) is 0.833. The second-order valence-corrected chi connectivity index (χ2v) is 4.21. The van der Waals surface area contributed by atoms with E-state index >= 15 is 0 Å². The van der Waals surface area contributed by atoms with Gasteiger partial charge in [0.1, 0.15) is 0 Å². The highest BCUT2D eigenvalue weighted by Gasteiger charge is 2.24. The summed E-state index contributed by atoms with van der Waals surface area (Å²) in [5.41, 5.74) is 0. The zero-order valence-electron chi connectivity index (χ0n) is 8.48. The van der Waals surface area contributed by atoms with Gasteiger partial charge in [-0.1, -0.05) is 46.0 Å². The van der Waals surface area contributed by atoms with Crippen LogP contribution < -0.4 is 0 Å². The summed E-state index contributed by atoms with van der Waals surface area (Å²) in [7, 11) is 1.81. The zero-order chi connectivity index (χ0) is 9.40. The molecule has 0 unspecified atom stereocenters. The van der Waals surface area contributed by atoms with Crippen LogP contribution in [-0.2, 0) is 4.65 Å². The number of hydrogen-bond donors (Lipinski definition) is 0. The smallest absolute Gasteiger partial charge is 0.368 e. The van der Waals surface area contributed by atoms with E-state index in [-0.39, 0.29) is 0 Å². The molecule has 1 aliphatic rings. The maximum absolute atomic E-state index is 5.28. The molecule has 0 bridgehead atoms. The van der Waals surface area contributed by atoms with Crippen LogP contribution in [0.5, 0.6) is 0 Å². The van der Waals surface area contributed by atoms with E-state index in [4.69, 9.17) is 4.65 Å². The van der Waals surface area contributed by atoms with Gasteiger partial charge in [0.2, 0.25) is 0 Å². The van der Waals surface area contributed by atoms with Gasteiger partial charge in [-0.05, 0) is 5.82 Å². The van der Waals surface area contributed by atoms with Crippen molar-refractivity contribution in [2.45, 2.75) is 51.8 Å². The third-order valence-electron chi connectivity index (χ3n) is 2.25. The van der Waals surface area contributed by atoms with Crippen molar-refractivity contribution in [3.05, 3.63) is 0 Å². The summed E-state index contributed by atoms with van der Waals surface area (Å²) in [5, 5.41) is 0. The van der Waals surface area contributed by atoms with E-state index in [2.05, 4.69) is 22.4 Å². The molecule has 3 heteroatoms. The SMILES string of the molecule is CC.COB(I)C1CCCCC1. The highest BCUT2D eigenvalue weighted by atomic mass is 127. The topological polar surface area (TPSA) is 9.23 Å². The lowest BCUT2D eigenvalue weighted by molar-refractivity contribution is 0.399. The predicted molar refractivity (Wildman–Crippen MR) is 65.0 cm³/mol. The van der Waals surface area contributed by atoms with Crippen molar-refractivity contribution >= 4 is 27.1 Å². The van der Waals surface area contributed by atoms with Crippen LogP contribution in [0.3, 0.4) is 0 Å². The van der Waals surface area contributed by atoms with E-state index in [1.54, 1.807) is 0 Å². The third-order valence-corrected chi connectivity index (χ3v) is 3.77. The fourth-order valence-corrected chi connectivity index (χ4v) is 2.31. The van der Waals surface area contributed by atoms with Crippen molar-refractivity contribution in [2.75, 3.05) is 7.11 Å². The molecule has 12 heavy (non-hydrogen) atoms. The van der Waals surface area contributed by atoms with Gasteiger partial charge in [-0.25, -0.2) is 0 Å². The summed E-state index contributed by atoms with van der Waals surface area (Å²) in [6, 6.07) is 0. The molecule has 1 fully saturated rings. The lowest BCUT2D eigenvalue weighted by atomic mass is 9.70. The molecule has 0 heterocycles. The molecule has 0 saturated heterocycles. The predicted octanol–water partition coefficient (Wildman–Crippen LogP) is 3.92. The van der Waals surface area contributed by atoms with Gasteiger partial charge in [-0.2, -0.15) is 0 Å². The van der Waals surface area contributed by atoms with Crippen LogP contribution in [0.1, 0.15) is 46.0 Å².